The second-order valence-corrected chi connectivity index (χ2v) is 4.44. The van der Waals surface area contributed by atoms with Gasteiger partial charge < -0.3 is 5.32 Å². The summed E-state index contributed by atoms with van der Waals surface area (Å²) in [6.07, 6.45) is 4.52. The number of amides is 1. The summed E-state index contributed by atoms with van der Waals surface area (Å²) in [4.78, 5) is 19.6. The molecule has 1 aromatic heterocycles. The van der Waals surface area contributed by atoms with Crippen molar-refractivity contribution in [2.75, 3.05) is 5.32 Å². The highest BCUT2D eigenvalue weighted by molar-refractivity contribution is 9.10. The van der Waals surface area contributed by atoms with E-state index in [0.717, 1.165) is 0 Å². The monoisotopic (exact) mass is 311 g/mol. The van der Waals surface area contributed by atoms with Crippen LogP contribution in [-0.4, -0.2) is 15.9 Å². The maximum atomic E-state index is 11.8. The standard InChI is InChI=1S/C11H7BrClN3O/c12-8-5-7(1-2-9(8)13)11(17)16-10-6-14-3-4-15-10/h1-6H,(H,15,16,17). The number of halogens is 2. The molecule has 0 aliphatic rings. The second kappa shape index (κ2) is 5.25. The first-order chi connectivity index (χ1) is 8.16. The minimum absolute atomic E-state index is 0.261. The molecule has 0 atom stereocenters. The van der Waals surface area contributed by atoms with E-state index < -0.39 is 0 Å². The van der Waals surface area contributed by atoms with E-state index >= 15 is 0 Å². The third-order valence-corrected chi connectivity index (χ3v) is 3.20. The van der Waals surface area contributed by atoms with Crippen LogP contribution in [0.2, 0.25) is 5.02 Å². The molecule has 0 aliphatic heterocycles. The zero-order valence-corrected chi connectivity index (χ0v) is 10.9. The highest BCUT2D eigenvalue weighted by Gasteiger charge is 2.08. The van der Waals surface area contributed by atoms with Gasteiger partial charge in [-0.05, 0) is 34.1 Å². The van der Waals surface area contributed by atoms with E-state index in [2.05, 4.69) is 31.2 Å². The lowest BCUT2D eigenvalue weighted by Crippen LogP contribution is -2.12. The predicted molar refractivity (Wildman–Crippen MR) is 69.1 cm³/mol. The number of hydrogen-bond donors (Lipinski definition) is 1. The molecule has 0 unspecified atom stereocenters. The molecule has 0 bridgehead atoms. The molecule has 0 radical (unpaired) electrons. The molecular weight excluding hydrogens is 305 g/mol. The van der Waals surface area contributed by atoms with E-state index in [1.165, 1.54) is 18.6 Å². The molecule has 86 valence electrons. The van der Waals surface area contributed by atoms with Crippen molar-refractivity contribution in [3.8, 4) is 0 Å². The molecule has 2 aromatic rings. The Labute approximate surface area is 111 Å². The first-order valence-electron chi connectivity index (χ1n) is 4.69. The van der Waals surface area contributed by atoms with Crippen molar-refractivity contribution in [3.05, 3.63) is 51.8 Å². The Morgan fingerprint density at radius 2 is 2.18 bits per heavy atom. The summed E-state index contributed by atoms with van der Waals surface area (Å²) >= 11 is 9.10. The number of nitrogens with one attached hydrogen (secondary N) is 1. The van der Waals surface area contributed by atoms with Crippen molar-refractivity contribution < 1.29 is 4.79 Å². The molecule has 0 saturated carbocycles. The molecular formula is C11H7BrClN3O. The van der Waals surface area contributed by atoms with E-state index in [1.54, 1.807) is 18.2 Å². The average Bonchev–Trinajstić information content (AvgIpc) is 2.34. The third-order valence-electron chi connectivity index (χ3n) is 1.99. The van der Waals surface area contributed by atoms with Crippen molar-refractivity contribution in [2.45, 2.75) is 0 Å². The van der Waals surface area contributed by atoms with Crippen LogP contribution in [0.15, 0.2) is 41.3 Å². The first kappa shape index (κ1) is 12.0. The van der Waals surface area contributed by atoms with Gasteiger partial charge in [0.2, 0.25) is 0 Å². The number of anilines is 1. The molecule has 6 heteroatoms. The van der Waals surface area contributed by atoms with Crippen molar-refractivity contribution in [1.82, 2.24) is 9.97 Å². The largest absolute Gasteiger partial charge is 0.305 e. The second-order valence-electron chi connectivity index (χ2n) is 3.17. The van der Waals surface area contributed by atoms with Gasteiger partial charge in [-0.15, -0.1) is 0 Å². The summed E-state index contributed by atoms with van der Waals surface area (Å²) in [5.74, 6) is 0.145. The number of hydrogen-bond acceptors (Lipinski definition) is 3. The van der Waals surface area contributed by atoms with Gasteiger partial charge in [-0.3, -0.25) is 9.78 Å². The maximum Gasteiger partial charge on any atom is 0.256 e. The summed E-state index contributed by atoms with van der Waals surface area (Å²) in [5.41, 5.74) is 0.493. The van der Waals surface area contributed by atoms with E-state index in [0.29, 0.717) is 20.9 Å². The van der Waals surface area contributed by atoms with Gasteiger partial charge in [0.15, 0.2) is 5.82 Å². The van der Waals surface area contributed by atoms with Crippen LogP contribution in [0.5, 0.6) is 0 Å². The number of rotatable bonds is 2. The van der Waals surface area contributed by atoms with Crippen LogP contribution in [-0.2, 0) is 0 Å². The quantitative estimate of drug-likeness (QED) is 0.927. The van der Waals surface area contributed by atoms with Gasteiger partial charge in [-0.2, -0.15) is 0 Å². The number of carbonyl (C=O) groups excluding carboxylic acids is 1. The zero-order chi connectivity index (χ0) is 12.3. The Hall–Kier alpha value is -1.46. The minimum atomic E-state index is -0.261. The van der Waals surface area contributed by atoms with Crippen LogP contribution in [0, 0.1) is 0 Å². The fourth-order valence-corrected chi connectivity index (χ4v) is 1.69. The molecule has 17 heavy (non-hydrogen) atoms. The highest BCUT2D eigenvalue weighted by atomic mass is 79.9. The van der Waals surface area contributed by atoms with Crippen LogP contribution >= 0.6 is 27.5 Å². The minimum Gasteiger partial charge on any atom is -0.305 e. The number of benzene rings is 1. The molecule has 1 heterocycles. The fourth-order valence-electron chi connectivity index (χ4n) is 1.19. The van der Waals surface area contributed by atoms with E-state index in [1.807, 2.05) is 0 Å². The number of carbonyl (C=O) groups is 1. The Balaban J connectivity index is 2.18. The van der Waals surface area contributed by atoms with Gasteiger partial charge in [0.05, 0.1) is 11.2 Å². The van der Waals surface area contributed by atoms with E-state index in [-0.39, 0.29) is 5.91 Å². The Kier molecular flexibility index (Phi) is 3.71. The SMILES string of the molecule is O=C(Nc1cnccn1)c1ccc(Cl)c(Br)c1. The topological polar surface area (TPSA) is 54.9 Å². The van der Waals surface area contributed by atoms with E-state index in [9.17, 15) is 4.79 Å². The summed E-state index contributed by atoms with van der Waals surface area (Å²) in [6.45, 7) is 0. The Bertz CT molecular complexity index is 548. The van der Waals surface area contributed by atoms with Crippen molar-refractivity contribution in [2.24, 2.45) is 0 Å². The van der Waals surface area contributed by atoms with Crippen LogP contribution in [0.4, 0.5) is 5.82 Å². The van der Waals surface area contributed by atoms with Gasteiger partial charge in [-0.25, -0.2) is 4.98 Å². The lowest BCUT2D eigenvalue weighted by Gasteiger charge is -2.04. The fraction of sp³-hybridized carbons (Fsp3) is 0. The Morgan fingerprint density at radius 3 is 2.82 bits per heavy atom. The van der Waals surface area contributed by atoms with Crippen molar-refractivity contribution in [1.29, 1.82) is 0 Å². The van der Waals surface area contributed by atoms with Crippen molar-refractivity contribution in [3.63, 3.8) is 0 Å². The summed E-state index contributed by atoms with van der Waals surface area (Å²) in [7, 11) is 0. The average molecular weight is 313 g/mol. The van der Waals surface area contributed by atoms with Crippen LogP contribution < -0.4 is 5.32 Å². The molecule has 1 amide bonds. The van der Waals surface area contributed by atoms with Crippen LogP contribution in [0.25, 0.3) is 0 Å². The van der Waals surface area contributed by atoms with Gasteiger partial charge in [0, 0.05) is 22.4 Å². The molecule has 1 N–H and O–H groups in total. The normalized spacial score (nSPS) is 10.0. The van der Waals surface area contributed by atoms with Crippen molar-refractivity contribution >= 4 is 39.3 Å². The van der Waals surface area contributed by atoms with Gasteiger partial charge in [0.25, 0.3) is 5.91 Å². The number of nitrogens with zero attached hydrogens (tertiary/aromatic N) is 2. The van der Waals surface area contributed by atoms with Crippen LogP contribution in [0.3, 0.4) is 0 Å². The van der Waals surface area contributed by atoms with Gasteiger partial charge >= 0.3 is 0 Å². The summed E-state index contributed by atoms with van der Waals surface area (Å²) in [6, 6.07) is 4.93. The molecule has 1 aromatic carbocycles. The molecule has 2 rings (SSSR count). The maximum absolute atomic E-state index is 11.8. The molecule has 0 aliphatic carbocycles. The number of aromatic nitrogens is 2. The molecule has 0 saturated heterocycles. The van der Waals surface area contributed by atoms with E-state index in [4.69, 9.17) is 11.6 Å². The molecule has 0 fully saturated rings. The summed E-state index contributed by atoms with van der Waals surface area (Å²) < 4.78 is 0.672. The zero-order valence-electron chi connectivity index (χ0n) is 8.52. The van der Waals surface area contributed by atoms with Crippen LogP contribution in [0.1, 0.15) is 10.4 Å². The smallest absolute Gasteiger partial charge is 0.256 e. The lowest BCUT2D eigenvalue weighted by molar-refractivity contribution is 0.102. The summed E-state index contributed by atoms with van der Waals surface area (Å²) in [5, 5.41) is 3.18. The first-order valence-corrected chi connectivity index (χ1v) is 5.86. The lowest BCUT2D eigenvalue weighted by atomic mass is 10.2. The highest BCUT2D eigenvalue weighted by Crippen LogP contribution is 2.23. The van der Waals surface area contributed by atoms with Gasteiger partial charge in [-0.1, -0.05) is 11.6 Å². The Morgan fingerprint density at radius 1 is 1.35 bits per heavy atom. The predicted octanol–water partition coefficient (Wildman–Crippen LogP) is 3.14. The molecule has 0 spiro atoms. The third kappa shape index (κ3) is 3.01. The van der Waals surface area contributed by atoms with Gasteiger partial charge in [0.1, 0.15) is 0 Å². The molecule has 4 nitrogen and oxygen atoms in total.